The van der Waals surface area contributed by atoms with Crippen LogP contribution < -0.4 is 0 Å². The maximum Gasteiger partial charge on any atom is 0.160 e. The highest BCUT2D eigenvalue weighted by atomic mass is 14.9. The van der Waals surface area contributed by atoms with Crippen molar-refractivity contribution in [2.45, 2.75) is 0 Å². The molecule has 0 saturated carbocycles. The second kappa shape index (κ2) is 17.0. The van der Waals surface area contributed by atoms with E-state index in [1.54, 1.807) is 0 Å². The zero-order valence-corrected chi connectivity index (χ0v) is 38.8. The summed E-state index contributed by atoms with van der Waals surface area (Å²) in [6.45, 7) is 0. The Bertz CT molecular complexity index is 4170. The third-order valence-corrected chi connectivity index (χ3v) is 13.9. The first-order chi connectivity index (χ1) is 35.6. The lowest BCUT2D eigenvalue weighted by Gasteiger charge is -2.14. The fraction of sp³-hybridized carbons (Fsp3) is 0. The van der Waals surface area contributed by atoms with Gasteiger partial charge < -0.3 is 0 Å². The summed E-state index contributed by atoms with van der Waals surface area (Å²) in [5, 5.41) is 8.96. The Morgan fingerprint density at radius 2 is 0.556 bits per heavy atom. The van der Waals surface area contributed by atoms with E-state index in [2.05, 4.69) is 218 Å². The maximum atomic E-state index is 5.40. The van der Waals surface area contributed by atoms with Gasteiger partial charge in [-0.2, -0.15) is 0 Å². The normalized spacial score (nSPS) is 11.6. The molecule has 0 aliphatic carbocycles. The summed E-state index contributed by atoms with van der Waals surface area (Å²) in [7, 11) is 0. The Morgan fingerprint density at radius 3 is 1.03 bits per heavy atom. The largest absolute Gasteiger partial charge is 0.254 e. The summed E-state index contributed by atoms with van der Waals surface area (Å²) in [6.07, 6.45) is 3.66. The molecular formula is C66H40N6. The molecule has 0 N–H and O–H groups in total. The third-order valence-electron chi connectivity index (χ3n) is 13.9. The third kappa shape index (κ3) is 7.46. The monoisotopic (exact) mass is 916 g/mol. The van der Waals surface area contributed by atoms with Crippen LogP contribution in [-0.2, 0) is 0 Å². The van der Waals surface area contributed by atoms with E-state index in [0.717, 1.165) is 127 Å². The number of hydrogen-bond donors (Lipinski definition) is 0. The number of benzene rings is 9. The van der Waals surface area contributed by atoms with E-state index in [9.17, 15) is 0 Å². The number of aromatic nitrogens is 6. The number of rotatable bonds is 7. The fourth-order valence-corrected chi connectivity index (χ4v) is 10.1. The van der Waals surface area contributed by atoms with Crippen molar-refractivity contribution in [2.24, 2.45) is 0 Å². The van der Waals surface area contributed by atoms with Gasteiger partial charge in [-0.05, 0) is 104 Å². The van der Waals surface area contributed by atoms with Crippen LogP contribution in [0.25, 0.3) is 144 Å². The zero-order chi connectivity index (χ0) is 47.5. The first-order valence-corrected chi connectivity index (χ1v) is 24.1. The van der Waals surface area contributed by atoms with E-state index in [4.69, 9.17) is 29.9 Å². The SMILES string of the molecule is c1ccc2cc(-c3cc(-c4ccc5ccccc5c4)nc(-c4cc(-c5ccc(-c6ccc7ccc8cccnc8c7n6)cc5)cc(-c5ccc(-c6ccc7ccc8cccnc8c7n6)cc5)c4)n3)ccc2c1. The lowest BCUT2D eigenvalue weighted by atomic mass is 9.94. The molecule has 0 fully saturated rings. The van der Waals surface area contributed by atoms with Crippen molar-refractivity contribution in [2.75, 3.05) is 0 Å². The number of pyridine rings is 4. The van der Waals surface area contributed by atoms with Crippen LogP contribution in [0.15, 0.2) is 243 Å². The van der Waals surface area contributed by atoms with Crippen LogP contribution in [0.1, 0.15) is 0 Å². The van der Waals surface area contributed by atoms with Crippen molar-refractivity contribution in [3.63, 3.8) is 0 Å². The van der Waals surface area contributed by atoms with Gasteiger partial charge in [-0.15, -0.1) is 0 Å². The molecular weight excluding hydrogens is 877 g/mol. The van der Waals surface area contributed by atoms with E-state index in [1.165, 1.54) is 10.8 Å². The molecule has 0 aliphatic heterocycles. The average Bonchev–Trinajstić information content (AvgIpc) is 3.46. The van der Waals surface area contributed by atoms with Gasteiger partial charge in [-0.25, -0.2) is 19.9 Å². The van der Waals surface area contributed by atoms with Gasteiger partial charge in [-0.3, -0.25) is 9.97 Å². The van der Waals surface area contributed by atoms with Gasteiger partial charge in [0.25, 0.3) is 0 Å². The summed E-state index contributed by atoms with van der Waals surface area (Å²) in [5.41, 5.74) is 16.3. The lowest BCUT2D eigenvalue weighted by molar-refractivity contribution is 1.18. The Hall–Kier alpha value is -9.78. The van der Waals surface area contributed by atoms with E-state index in [0.29, 0.717) is 5.82 Å². The summed E-state index contributed by atoms with van der Waals surface area (Å²) < 4.78 is 0. The molecule has 0 amide bonds. The van der Waals surface area contributed by atoms with Crippen molar-refractivity contribution in [3.05, 3.63) is 243 Å². The summed E-state index contributed by atoms with van der Waals surface area (Å²) in [6, 6.07) is 81.2. The number of nitrogens with zero attached hydrogens (tertiary/aromatic N) is 6. The van der Waals surface area contributed by atoms with Gasteiger partial charge >= 0.3 is 0 Å². The molecule has 0 unspecified atom stereocenters. The predicted molar refractivity (Wildman–Crippen MR) is 296 cm³/mol. The molecule has 6 nitrogen and oxygen atoms in total. The van der Waals surface area contributed by atoms with Crippen molar-refractivity contribution in [3.8, 4) is 78.7 Å². The van der Waals surface area contributed by atoms with Crippen LogP contribution in [0, 0.1) is 0 Å². The van der Waals surface area contributed by atoms with Gasteiger partial charge in [0.2, 0.25) is 0 Å². The van der Waals surface area contributed by atoms with E-state index < -0.39 is 0 Å². The summed E-state index contributed by atoms with van der Waals surface area (Å²) in [5.74, 6) is 0.641. The Kier molecular flexibility index (Phi) is 9.74. The molecule has 6 heteroatoms. The molecule has 0 atom stereocenters. The van der Waals surface area contributed by atoms with Gasteiger partial charge in [0.05, 0.1) is 44.8 Å². The highest BCUT2D eigenvalue weighted by molar-refractivity contribution is 6.04. The Morgan fingerprint density at radius 1 is 0.194 bits per heavy atom. The zero-order valence-electron chi connectivity index (χ0n) is 38.8. The van der Waals surface area contributed by atoms with Crippen LogP contribution in [0.5, 0.6) is 0 Å². The fourth-order valence-electron chi connectivity index (χ4n) is 10.1. The van der Waals surface area contributed by atoms with Crippen molar-refractivity contribution in [1.29, 1.82) is 0 Å². The number of fused-ring (bicyclic) bond motifs is 8. The molecule has 14 rings (SSSR count). The minimum Gasteiger partial charge on any atom is -0.254 e. The van der Waals surface area contributed by atoms with Gasteiger partial charge in [0, 0.05) is 61.8 Å². The molecule has 5 aromatic heterocycles. The molecule has 0 spiro atoms. The molecule has 334 valence electrons. The van der Waals surface area contributed by atoms with E-state index in [1.807, 2.05) is 24.5 Å². The minimum atomic E-state index is 0.641. The summed E-state index contributed by atoms with van der Waals surface area (Å²) in [4.78, 5) is 30.5. The van der Waals surface area contributed by atoms with Gasteiger partial charge in [0.15, 0.2) is 5.82 Å². The first kappa shape index (κ1) is 41.2. The molecule has 0 aliphatic rings. The average molecular weight is 917 g/mol. The van der Waals surface area contributed by atoms with Crippen LogP contribution >= 0.6 is 0 Å². The van der Waals surface area contributed by atoms with Crippen molar-refractivity contribution >= 4 is 65.2 Å². The summed E-state index contributed by atoms with van der Waals surface area (Å²) >= 11 is 0. The first-order valence-electron chi connectivity index (χ1n) is 24.1. The molecule has 14 aromatic rings. The van der Waals surface area contributed by atoms with Crippen LogP contribution in [0.2, 0.25) is 0 Å². The second-order valence-corrected chi connectivity index (χ2v) is 18.4. The molecule has 5 heterocycles. The van der Waals surface area contributed by atoms with Gasteiger partial charge in [0.1, 0.15) is 0 Å². The second-order valence-electron chi connectivity index (χ2n) is 18.4. The maximum absolute atomic E-state index is 5.40. The molecule has 72 heavy (non-hydrogen) atoms. The highest BCUT2D eigenvalue weighted by Gasteiger charge is 2.16. The lowest BCUT2D eigenvalue weighted by Crippen LogP contribution is -1.97. The molecule has 0 saturated heterocycles. The molecule has 0 bridgehead atoms. The van der Waals surface area contributed by atoms with Crippen molar-refractivity contribution < 1.29 is 0 Å². The topological polar surface area (TPSA) is 77.3 Å². The van der Waals surface area contributed by atoms with E-state index in [-0.39, 0.29) is 0 Å². The van der Waals surface area contributed by atoms with Crippen molar-refractivity contribution in [1.82, 2.24) is 29.9 Å². The van der Waals surface area contributed by atoms with Gasteiger partial charge in [-0.1, -0.05) is 170 Å². The molecule has 9 aromatic carbocycles. The van der Waals surface area contributed by atoms with Crippen LogP contribution in [0.4, 0.5) is 0 Å². The van der Waals surface area contributed by atoms with E-state index >= 15 is 0 Å². The predicted octanol–water partition coefficient (Wildman–Crippen LogP) is 16.6. The standard InChI is InChI=1S/C66H40N6/c1-3-9-51-35-53(27-17-41(51)7-1)60-40-61(54-28-18-42-8-2-4-10-52(42)36-54)72-66(71-60)57-38-55(43-13-19-45(20-14-43)58-31-29-49-25-23-47-11-5-33-67-62(47)64(49)69-58)37-56(39-57)44-15-21-46(22-16-44)59-32-30-50-26-24-48-12-6-34-68-63(48)65(50)70-59/h1-40H. The Labute approximate surface area is 414 Å². The Balaban J connectivity index is 0.911. The smallest absolute Gasteiger partial charge is 0.160 e. The molecule has 0 radical (unpaired) electrons. The minimum absolute atomic E-state index is 0.641. The number of hydrogen-bond acceptors (Lipinski definition) is 6. The highest BCUT2D eigenvalue weighted by Crippen LogP contribution is 2.37. The van der Waals surface area contributed by atoms with Crippen LogP contribution in [0.3, 0.4) is 0 Å². The van der Waals surface area contributed by atoms with Crippen LogP contribution in [-0.4, -0.2) is 29.9 Å². The quantitative estimate of drug-likeness (QED) is 0.148.